The highest BCUT2D eigenvalue weighted by Crippen LogP contribution is 2.21. The molecule has 0 saturated carbocycles. The summed E-state index contributed by atoms with van der Waals surface area (Å²) in [5.74, 6) is 1.19. The number of nitrogens with zero attached hydrogens (tertiary/aromatic N) is 3. The van der Waals surface area contributed by atoms with Crippen LogP contribution in [0.3, 0.4) is 0 Å². The van der Waals surface area contributed by atoms with E-state index in [4.69, 9.17) is 0 Å². The summed E-state index contributed by atoms with van der Waals surface area (Å²) in [6, 6.07) is 14.0. The Hall–Kier alpha value is -2.99. The molecule has 0 amide bonds. The fourth-order valence-electron chi connectivity index (χ4n) is 2.43. The molecule has 134 valence electrons. The third-order valence-corrected chi connectivity index (χ3v) is 3.93. The van der Waals surface area contributed by atoms with Crippen LogP contribution in [0.4, 0.5) is 11.8 Å². The van der Waals surface area contributed by atoms with Gasteiger partial charge in [-0.05, 0) is 31.5 Å². The number of aromatic nitrogens is 3. The number of benzene rings is 1. The van der Waals surface area contributed by atoms with E-state index in [1.807, 2.05) is 25.1 Å². The molecule has 2 aromatic heterocycles. The Balaban J connectivity index is 1.85. The summed E-state index contributed by atoms with van der Waals surface area (Å²) in [6.07, 6.45) is 3.50. The van der Waals surface area contributed by atoms with Crippen LogP contribution < -0.4 is 10.6 Å². The Morgan fingerprint density at radius 2 is 1.92 bits per heavy atom. The number of aliphatic hydroxyl groups excluding tert-OH is 1. The quantitative estimate of drug-likeness (QED) is 0.607. The van der Waals surface area contributed by atoms with Crippen LogP contribution in [0.5, 0.6) is 0 Å². The maximum absolute atomic E-state index is 9.28. The highest BCUT2D eigenvalue weighted by molar-refractivity contribution is 5.63. The molecular weight excluding hydrogens is 326 g/mol. The molecule has 0 aliphatic carbocycles. The van der Waals surface area contributed by atoms with E-state index in [1.165, 1.54) is 11.1 Å². The minimum atomic E-state index is -0.135. The van der Waals surface area contributed by atoms with Crippen molar-refractivity contribution in [2.75, 3.05) is 17.2 Å². The molecule has 0 aliphatic heterocycles. The van der Waals surface area contributed by atoms with Gasteiger partial charge in [0.15, 0.2) is 0 Å². The van der Waals surface area contributed by atoms with Crippen LogP contribution in [0.2, 0.25) is 0 Å². The van der Waals surface area contributed by atoms with Gasteiger partial charge in [0.25, 0.3) is 0 Å². The minimum absolute atomic E-state index is 0.00656. The molecule has 3 aromatic rings. The van der Waals surface area contributed by atoms with Crippen molar-refractivity contribution in [3.8, 4) is 11.3 Å². The van der Waals surface area contributed by atoms with E-state index in [1.54, 1.807) is 12.4 Å². The van der Waals surface area contributed by atoms with Gasteiger partial charge < -0.3 is 15.7 Å². The van der Waals surface area contributed by atoms with Gasteiger partial charge in [0.2, 0.25) is 5.95 Å². The number of anilines is 2. The third kappa shape index (κ3) is 4.77. The van der Waals surface area contributed by atoms with Crippen molar-refractivity contribution < 1.29 is 5.11 Å². The summed E-state index contributed by atoms with van der Waals surface area (Å²) in [6.45, 7) is 4.62. The Bertz CT molecular complexity index is 837. The van der Waals surface area contributed by atoms with Gasteiger partial charge in [-0.2, -0.15) is 4.98 Å². The molecule has 3 N–H and O–H groups in total. The van der Waals surface area contributed by atoms with E-state index in [-0.39, 0.29) is 12.6 Å². The molecule has 26 heavy (non-hydrogen) atoms. The Morgan fingerprint density at radius 3 is 2.62 bits per heavy atom. The van der Waals surface area contributed by atoms with Crippen molar-refractivity contribution in [1.82, 2.24) is 15.0 Å². The second kappa shape index (κ2) is 8.40. The highest BCUT2D eigenvalue weighted by atomic mass is 16.3. The summed E-state index contributed by atoms with van der Waals surface area (Å²) < 4.78 is 0. The Morgan fingerprint density at radius 1 is 1.12 bits per heavy atom. The lowest BCUT2D eigenvalue weighted by Gasteiger charge is -2.14. The largest absolute Gasteiger partial charge is 0.394 e. The molecule has 1 aromatic carbocycles. The van der Waals surface area contributed by atoms with Gasteiger partial charge in [-0.25, -0.2) is 4.98 Å². The monoisotopic (exact) mass is 349 g/mol. The van der Waals surface area contributed by atoms with E-state index in [0.29, 0.717) is 18.3 Å². The van der Waals surface area contributed by atoms with Crippen LogP contribution in [0.15, 0.2) is 54.9 Å². The lowest BCUT2D eigenvalue weighted by atomic mass is 10.1. The molecule has 0 spiro atoms. The predicted molar refractivity (Wildman–Crippen MR) is 104 cm³/mol. The first-order valence-electron chi connectivity index (χ1n) is 8.60. The first-order chi connectivity index (χ1) is 12.6. The molecule has 6 heteroatoms. The summed E-state index contributed by atoms with van der Waals surface area (Å²) in [4.78, 5) is 13.2. The zero-order valence-corrected chi connectivity index (χ0v) is 15.0. The highest BCUT2D eigenvalue weighted by Gasteiger charge is 2.09. The fourth-order valence-corrected chi connectivity index (χ4v) is 2.43. The minimum Gasteiger partial charge on any atom is -0.394 e. The number of pyridine rings is 1. The number of nitrogens with one attached hydrogen (secondary N) is 2. The first-order valence-corrected chi connectivity index (χ1v) is 8.60. The van der Waals surface area contributed by atoms with Crippen LogP contribution in [0.25, 0.3) is 11.3 Å². The maximum Gasteiger partial charge on any atom is 0.225 e. The standard InChI is InChI=1S/C20H23N5O/c1-14-5-7-16(8-6-14)11-22-19-10-18(17-4-3-9-21-12-17)24-20(25-19)23-15(2)13-26/h3-10,12,15,26H,11,13H2,1-2H3,(H2,22,23,24,25)/t15-/m1/s1. The summed E-state index contributed by atoms with van der Waals surface area (Å²) >= 11 is 0. The summed E-state index contributed by atoms with van der Waals surface area (Å²) in [5, 5.41) is 15.7. The molecule has 0 saturated heterocycles. The van der Waals surface area contributed by atoms with Gasteiger partial charge in [-0.3, -0.25) is 4.98 Å². The Kier molecular flexibility index (Phi) is 5.76. The van der Waals surface area contributed by atoms with E-state index in [0.717, 1.165) is 11.3 Å². The van der Waals surface area contributed by atoms with Gasteiger partial charge >= 0.3 is 0 Å². The summed E-state index contributed by atoms with van der Waals surface area (Å²) in [5.41, 5.74) is 4.09. The second-order valence-electron chi connectivity index (χ2n) is 6.27. The van der Waals surface area contributed by atoms with Crippen molar-refractivity contribution in [2.24, 2.45) is 0 Å². The zero-order valence-electron chi connectivity index (χ0n) is 15.0. The van der Waals surface area contributed by atoms with Crippen molar-refractivity contribution >= 4 is 11.8 Å². The third-order valence-electron chi connectivity index (χ3n) is 3.93. The molecular formula is C20H23N5O. The van der Waals surface area contributed by atoms with Gasteiger partial charge in [0, 0.05) is 36.6 Å². The first kappa shape index (κ1) is 17.8. The lowest BCUT2D eigenvalue weighted by molar-refractivity contribution is 0.281. The van der Waals surface area contributed by atoms with E-state index in [2.05, 4.69) is 56.8 Å². The van der Waals surface area contributed by atoms with Crippen LogP contribution in [0, 0.1) is 6.92 Å². The van der Waals surface area contributed by atoms with Crippen molar-refractivity contribution in [3.63, 3.8) is 0 Å². The van der Waals surface area contributed by atoms with E-state index >= 15 is 0 Å². The molecule has 0 radical (unpaired) electrons. The topological polar surface area (TPSA) is 83.0 Å². The zero-order chi connectivity index (χ0) is 18.4. The van der Waals surface area contributed by atoms with Crippen LogP contribution in [0.1, 0.15) is 18.1 Å². The van der Waals surface area contributed by atoms with E-state index < -0.39 is 0 Å². The molecule has 0 bridgehead atoms. The average molecular weight is 349 g/mol. The van der Waals surface area contributed by atoms with Crippen LogP contribution in [-0.2, 0) is 6.54 Å². The van der Waals surface area contributed by atoms with Crippen molar-refractivity contribution in [3.05, 3.63) is 66.0 Å². The Labute approximate surface area is 153 Å². The smallest absolute Gasteiger partial charge is 0.225 e. The molecule has 1 atom stereocenters. The average Bonchev–Trinajstić information content (AvgIpc) is 2.68. The second-order valence-corrected chi connectivity index (χ2v) is 6.27. The van der Waals surface area contributed by atoms with Crippen LogP contribution in [-0.4, -0.2) is 32.7 Å². The molecule has 0 unspecified atom stereocenters. The number of hydrogen-bond acceptors (Lipinski definition) is 6. The molecule has 3 rings (SSSR count). The molecule has 6 nitrogen and oxygen atoms in total. The molecule has 0 fully saturated rings. The number of aryl methyl sites for hydroxylation is 1. The normalized spacial score (nSPS) is 11.8. The number of aliphatic hydroxyl groups is 1. The number of rotatable bonds is 7. The SMILES string of the molecule is Cc1ccc(CNc2cc(-c3cccnc3)nc(N[C@H](C)CO)n2)cc1. The van der Waals surface area contributed by atoms with Gasteiger partial charge in [-0.15, -0.1) is 0 Å². The van der Waals surface area contributed by atoms with Crippen molar-refractivity contribution in [2.45, 2.75) is 26.4 Å². The number of hydrogen-bond donors (Lipinski definition) is 3. The van der Waals surface area contributed by atoms with Gasteiger partial charge in [0.1, 0.15) is 5.82 Å². The maximum atomic E-state index is 9.28. The lowest BCUT2D eigenvalue weighted by Crippen LogP contribution is -2.21. The van der Waals surface area contributed by atoms with Crippen LogP contribution >= 0.6 is 0 Å². The van der Waals surface area contributed by atoms with Gasteiger partial charge in [0.05, 0.1) is 12.3 Å². The molecule has 0 aliphatic rings. The molecule has 2 heterocycles. The van der Waals surface area contributed by atoms with E-state index in [9.17, 15) is 5.11 Å². The fraction of sp³-hybridized carbons (Fsp3) is 0.250. The van der Waals surface area contributed by atoms with Gasteiger partial charge in [-0.1, -0.05) is 29.8 Å². The van der Waals surface area contributed by atoms with Crippen molar-refractivity contribution in [1.29, 1.82) is 0 Å². The summed E-state index contributed by atoms with van der Waals surface area (Å²) in [7, 11) is 0. The predicted octanol–water partition coefficient (Wildman–Crippen LogP) is 3.25.